The molecule has 0 aliphatic heterocycles. The summed E-state index contributed by atoms with van der Waals surface area (Å²) >= 11 is 0. The molecule has 66 valence electrons. The van der Waals surface area contributed by atoms with Gasteiger partial charge in [-0.05, 0) is 0 Å². The summed E-state index contributed by atoms with van der Waals surface area (Å²) in [6.45, 7) is -0.396. The van der Waals surface area contributed by atoms with Crippen molar-refractivity contribution in [1.29, 1.82) is 5.39 Å². The van der Waals surface area contributed by atoms with Crippen molar-refractivity contribution in [3.8, 4) is 0 Å². The first kappa shape index (κ1) is 10.2. The summed E-state index contributed by atoms with van der Waals surface area (Å²) in [6.07, 6.45) is 0.606. The van der Waals surface area contributed by atoms with Crippen LogP contribution < -0.4 is 5.73 Å². The first-order valence-electron chi connectivity index (χ1n) is 2.92. The number of nitrogens with two attached hydrogens (primary N) is 1. The highest BCUT2D eigenvalue weighted by atomic mass is 16.6. The van der Waals surface area contributed by atoms with Gasteiger partial charge >= 0.3 is 18.1 Å². The minimum Gasteiger partial charge on any atom is -0.480 e. The molecule has 1 atom stereocenters. The van der Waals surface area contributed by atoms with E-state index in [1.54, 1.807) is 0 Å². The maximum Gasteiger partial charge on any atom is 0.429 e. The summed E-state index contributed by atoms with van der Waals surface area (Å²) in [7, 11) is 0. The zero-order valence-electron chi connectivity index (χ0n) is 6.04. The maximum absolute atomic E-state index is 10.1. The molecule has 0 aromatic rings. The van der Waals surface area contributed by atoms with Crippen LogP contribution >= 0.6 is 0 Å². The molecule has 0 aliphatic carbocycles. The number of ether oxygens (including phenoxy) is 1. The maximum atomic E-state index is 10.1. The highest BCUT2D eigenvalue weighted by Crippen LogP contribution is 1.93. The van der Waals surface area contributed by atoms with E-state index in [4.69, 9.17) is 21.3 Å². The van der Waals surface area contributed by atoms with Crippen LogP contribution in [-0.4, -0.2) is 28.8 Å². The number of carbonyl (C=O) groups is 1. The van der Waals surface area contributed by atoms with Crippen molar-refractivity contribution in [2.75, 3.05) is 6.61 Å². The molecule has 0 aromatic heterocycles. The van der Waals surface area contributed by atoms with Crippen LogP contribution in [0.25, 0.3) is 4.98 Å². The second kappa shape index (κ2) is 4.92. The average molecular weight is 174 g/mol. The number of nitrogens with zero attached hydrogens (tertiary/aromatic N) is 2. The van der Waals surface area contributed by atoms with Crippen LogP contribution in [0.5, 0.6) is 0 Å². The van der Waals surface area contributed by atoms with Crippen LogP contribution in [0.1, 0.15) is 0 Å². The van der Waals surface area contributed by atoms with Crippen LogP contribution in [0.4, 0.5) is 0 Å². The number of diazo groups is 1. The minimum atomic E-state index is -1.25. The molecule has 0 radical (unpaired) electrons. The van der Waals surface area contributed by atoms with E-state index in [9.17, 15) is 4.79 Å². The van der Waals surface area contributed by atoms with Crippen molar-refractivity contribution in [3.05, 3.63) is 17.1 Å². The van der Waals surface area contributed by atoms with Crippen molar-refractivity contribution in [2.24, 2.45) is 5.73 Å². The molecule has 7 heteroatoms. The Hall–Kier alpha value is -1.81. The Morgan fingerprint density at radius 3 is 2.75 bits per heavy atom. The van der Waals surface area contributed by atoms with Gasteiger partial charge in [0.1, 0.15) is 12.6 Å². The lowest BCUT2D eigenvalue weighted by atomic mass is 10.3. The molecule has 0 spiro atoms. The molecule has 0 amide bonds. The predicted octanol–water partition coefficient (Wildman–Crippen LogP) is -0.375. The van der Waals surface area contributed by atoms with Gasteiger partial charge in [-0.1, -0.05) is 0 Å². The molecular weight excluding hydrogens is 166 g/mol. The van der Waals surface area contributed by atoms with Crippen LogP contribution in [0.15, 0.2) is 12.1 Å². The highest BCUT2D eigenvalue weighted by Gasteiger charge is 2.13. The van der Waals surface area contributed by atoms with E-state index in [0.29, 0.717) is 6.20 Å². The largest absolute Gasteiger partial charge is 0.480 e. The Labute approximate surface area is 67.7 Å². The third kappa shape index (κ3) is 4.08. The molecule has 1 unspecified atom stereocenters. The molecule has 0 rings (SSSR count). The fraction of sp³-hybridized carbons (Fsp3) is 0.400. The number of aliphatic hydroxyl groups excluding tert-OH is 1. The smallest absolute Gasteiger partial charge is 0.429 e. The Bertz CT molecular complexity index is 231. The topological polar surface area (TPSA) is 121 Å². The minimum absolute atomic E-state index is 0.396. The van der Waals surface area contributed by atoms with Crippen LogP contribution in [0.3, 0.4) is 0 Å². The fourth-order valence-electron chi connectivity index (χ4n) is 0.333. The quantitative estimate of drug-likeness (QED) is 0.394. The van der Waals surface area contributed by atoms with Gasteiger partial charge in [-0.25, -0.2) is 0 Å². The fourth-order valence-corrected chi connectivity index (χ4v) is 0.333. The number of hydrogen-bond donors (Lipinski definition) is 3. The van der Waals surface area contributed by atoms with E-state index in [1.807, 2.05) is 0 Å². The van der Waals surface area contributed by atoms with Crippen molar-refractivity contribution >= 4 is 5.97 Å². The standard InChI is InChI=1S/C5H7N3O4/c6-3(5(10)11)2-12-4(9)1-8-7/h1,3H,2,6H2,(H-,9,10,11)/p+1. The van der Waals surface area contributed by atoms with Crippen molar-refractivity contribution in [1.82, 2.24) is 0 Å². The monoisotopic (exact) mass is 174 g/mol. The van der Waals surface area contributed by atoms with Gasteiger partial charge in [0.2, 0.25) is 5.39 Å². The first-order valence-corrected chi connectivity index (χ1v) is 2.92. The second-order valence-corrected chi connectivity index (χ2v) is 1.84. The van der Waals surface area contributed by atoms with E-state index in [-0.39, 0.29) is 0 Å². The lowest BCUT2D eigenvalue weighted by molar-refractivity contribution is -0.139. The third-order valence-corrected chi connectivity index (χ3v) is 0.896. The van der Waals surface area contributed by atoms with E-state index in [1.165, 1.54) is 0 Å². The number of carboxylic acid groups (broad SMARTS) is 1. The molecule has 0 fully saturated rings. The van der Waals surface area contributed by atoms with Gasteiger partial charge in [-0.15, -0.1) is 0 Å². The molecule has 0 heterocycles. The van der Waals surface area contributed by atoms with Crippen LogP contribution in [-0.2, 0) is 9.53 Å². The van der Waals surface area contributed by atoms with Crippen molar-refractivity contribution in [2.45, 2.75) is 6.04 Å². The van der Waals surface area contributed by atoms with Gasteiger partial charge in [-0.3, -0.25) is 4.79 Å². The Morgan fingerprint density at radius 1 is 1.75 bits per heavy atom. The van der Waals surface area contributed by atoms with Crippen LogP contribution in [0, 0.1) is 5.39 Å². The van der Waals surface area contributed by atoms with E-state index < -0.39 is 24.6 Å². The molecule has 12 heavy (non-hydrogen) atoms. The summed E-state index contributed by atoms with van der Waals surface area (Å²) in [5.74, 6) is -1.95. The molecule has 4 N–H and O–H groups in total. The summed E-state index contributed by atoms with van der Waals surface area (Å²) < 4.78 is 4.36. The van der Waals surface area contributed by atoms with Gasteiger partial charge in [0.15, 0.2) is 4.98 Å². The van der Waals surface area contributed by atoms with Gasteiger partial charge in [-0.2, -0.15) is 0 Å². The third-order valence-electron chi connectivity index (χ3n) is 0.896. The SMILES string of the molecule is N#[N+]C=C(O)OCC(N)C(=O)O. The predicted molar refractivity (Wildman–Crippen MR) is 37.4 cm³/mol. The number of carboxylic acids is 1. The number of aliphatic carboxylic acids is 1. The van der Waals surface area contributed by atoms with Crippen molar-refractivity contribution < 1.29 is 19.7 Å². The second-order valence-electron chi connectivity index (χ2n) is 1.84. The number of rotatable bonds is 4. The summed E-state index contributed by atoms with van der Waals surface area (Å²) in [5, 5.41) is 24.7. The Morgan fingerprint density at radius 2 is 2.33 bits per heavy atom. The number of hydrogen-bond acceptors (Lipinski definition) is 5. The Balaban J connectivity index is 3.78. The van der Waals surface area contributed by atoms with Crippen molar-refractivity contribution in [3.63, 3.8) is 0 Å². The molecule has 0 bridgehead atoms. The highest BCUT2D eigenvalue weighted by molar-refractivity contribution is 5.73. The number of aliphatic hydroxyl groups is 1. The molecule has 0 saturated carbocycles. The molecule has 0 aromatic carbocycles. The normalized spacial score (nSPS) is 13.2. The molecule has 0 saturated heterocycles. The van der Waals surface area contributed by atoms with E-state index in [0.717, 1.165) is 0 Å². The molecule has 7 nitrogen and oxygen atoms in total. The van der Waals surface area contributed by atoms with E-state index in [2.05, 4.69) is 9.71 Å². The van der Waals surface area contributed by atoms with Gasteiger partial charge in [0.05, 0.1) is 0 Å². The van der Waals surface area contributed by atoms with Gasteiger partial charge in [0.25, 0.3) is 0 Å². The zero-order valence-corrected chi connectivity index (χ0v) is 6.04. The van der Waals surface area contributed by atoms with E-state index >= 15 is 0 Å². The first-order chi connectivity index (χ1) is 5.57. The zero-order chi connectivity index (χ0) is 9.56. The van der Waals surface area contributed by atoms with Gasteiger partial charge < -0.3 is 20.7 Å². The van der Waals surface area contributed by atoms with Gasteiger partial charge in [0, 0.05) is 0 Å². The average Bonchev–Trinajstić information content (AvgIpc) is 2.00. The Kier molecular flexibility index (Phi) is 4.18. The molecular formula is C5H8N3O4+. The van der Waals surface area contributed by atoms with Crippen LogP contribution in [0.2, 0.25) is 0 Å². The summed E-state index contributed by atoms with van der Waals surface area (Å²) in [4.78, 5) is 12.5. The lowest BCUT2D eigenvalue weighted by Gasteiger charge is -2.04. The lowest BCUT2D eigenvalue weighted by Crippen LogP contribution is -2.34. The molecule has 0 aliphatic rings. The summed E-state index contributed by atoms with van der Waals surface area (Å²) in [5.41, 5.74) is 5.00. The summed E-state index contributed by atoms with van der Waals surface area (Å²) in [6, 6.07) is -1.22.